The minimum atomic E-state index is 0.0985. The number of likely N-dealkylation sites (tertiary alicyclic amines) is 1. The van der Waals surface area contributed by atoms with Crippen molar-refractivity contribution >= 4 is 11.7 Å². The molecule has 1 aromatic heterocycles. The number of rotatable bonds is 4. The monoisotopic (exact) mass is 273 g/mol. The van der Waals surface area contributed by atoms with E-state index in [9.17, 15) is 4.79 Å². The van der Waals surface area contributed by atoms with Gasteiger partial charge < -0.3 is 9.80 Å². The van der Waals surface area contributed by atoms with Gasteiger partial charge >= 0.3 is 0 Å². The molecule has 1 aromatic rings. The summed E-state index contributed by atoms with van der Waals surface area (Å²) >= 11 is 0. The summed E-state index contributed by atoms with van der Waals surface area (Å²) in [6.07, 6.45) is 5.16. The maximum atomic E-state index is 12.6. The maximum Gasteiger partial charge on any atom is 0.257 e. The van der Waals surface area contributed by atoms with Crippen LogP contribution in [0.5, 0.6) is 0 Å². The first kappa shape index (κ1) is 14.6. The fraction of sp³-hybridized carbons (Fsp3) is 0.500. The van der Waals surface area contributed by atoms with Gasteiger partial charge in [0.2, 0.25) is 0 Å². The van der Waals surface area contributed by atoms with Gasteiger partial charge in [0.05, 0.1) is 5.56 Å². The molecule has 4 heteroatoms. The molecule has 2 heterocycles. The molecule has 0 radical (unpaired) electrons. The Morgan fingerprint density at radius 1 is 1.40 bits per heavy atom. The third-order valence-corrected chi connectivity index (χ3v) is 3.53. The lowest BCUT2D eigenvalue weighted by molar-refractivity contribution is 0.0724. The molecule has 0 unspecified atom stereocenters. The first-order valence-electron chi connectivity index (χ1n) is 7.19. The Morgan fingerprint density at radius 3 is 2.75 bits per heavy atom. The summed E-state index contributed by atoms with van der Waals surface area (Å²) in [5.74, 6) is 0.840. The highest BCUT2D eigenvalue weighted by molar-refractivity contribution is 5.99. The van der Waals surface area contributed by atoms with Gasteiger partial charge in [-0.05, 0) is 38.3 Å². The average molecular weight is 273 g/mol. The summed E-state index contributed by atoms with van der Waals surface area (Å²) in [6.45, 7) is 8.32. The van der Waals surface area contributed by atoms with Gasteiger partial charge in [-0.15, -0.1) is 0 Å². The zero-order valence-corrected chi connectivity index (χ0v) is 12.4. The number of piperidine rings is 1. The van der Waals surface area contributed by atoms with Gasteiger partial charge in [-0.25, -0.2) is 4.98 Å². The predicted molar refractivity (Wildman–Crippen MR) is 82.1 cm³/mol. The molecule has 0 spiro atoms. The number of hydrogen-bond acceptors (Lipinski definition) is 3. The van der Waals surface area contributed by atoms with Crippen LogP contribution in [0.25, 0.3) is 0 Å². The second-order valence-electron chi connectivity index (χ2n) is 5.54. The molecule has 0 N–H and O–H groups in total. The Hall–Kier alpha value is -1.84. The minimum Gasteiger partial charge on any atom is -0.355 e. The van der Waals surface area contributed by atoms with Gasteiger partial charge in [0.15, 0.2) is 0 Å². The van der Waals surface area contributed by atoms with Crippen molar-refractivity contribution in [1.82, 2.24) is 9.88 Å². The molecular formula is C16H23N3O. The van der Waals surface area contributed by atoms with E-state index in [1.54, 1.807) is 6.20 Å². The van der Waals surface area contributed by atoms with Crippen LogP contribution in [-0.4, -0.2) is 42.5 Å². The number of nitrogens with zero attached hydrogens (tertiary/aromatic N) is 3. The number of likely N-dealkylation sites (N-methyl/N-ethyl adjacent to an activating group) is 1. The van der Waals surface area contributed by atoms with Gasteiger partial charge in [-0.1, -0.05) is 12.2 Å². The molecule has 1 saturated heterocycles. The quantitative estimate of drug-likeness (QED) is 0.791. The van der Waals surface area contributed by atoms with E-state index in [0.717, 1.165) is 37.3 Å². The molecule has 1 aliphatic heterocycles. The average Bonchev–Trinajstić information content (AvgIpc) is 2.46. The molecule has 2 rings (SSSR count). The fourth-order valence-corrected chi connectivity index (χ4v) is 2.62. The van der Waals surface area contributed by atoms with Crippen molar-refractivity contribution in [2.75, 3.05) is 31.6 Å². The van der Waals surface area contributed by atoms with Crippen molar-refractivity contribution in [3.63, 3.8) is 0 Å². The van der Waals surface area contributed by atoms with E-state index in [0.29, 0.717) is 12.1 Å². The number of amides is 1. The van der Waals surface area contributed by atoms with Crippen molar-refractivity contribution in [1.29, 1.82) is 0 Å². The summed E-state index contributed by atoms with van der Waals surface area (Å²) in [5, 5.41) is 0. The van der Waals surface area contributed by atoms with Crippen molar-refractivity contribution < 1.29 is 4.79 Å². The molecule has 0 aliphatic carbocycles. The van der Waals surface area contributed by atoms with Crippen LogP contribution in [0.2, 0.25) is 0 Å². The van der Waals surface area contributed by atoms with Crippen LogP contribution in [0.15, 0.2) is 30.5 Å². The van der Waals surface area contributed by atoms with Crippen molar-refractivity contribution in [3.8, 4) is 0 Å². The summed E-state index contributed by atoms with van der Waals surface area (Å²) in [5.41, 5.74) is 1.74. The Balaban J connectivity index is 2.22. The molecule has 0 atom stereocenters. The Kier molecular flexibility index (Phi) is 4.77. The summed E-state index contributed by atoms with van der Waals surface area (Å²) in [6, 6.07) is 3.70. The lowest BCUT2D eigenvalue weighted by Gasteiger charge is -2.28. The van der Waals surface area contributed by atoms with Crippen LogP contribution in [0.1, 0.15) is 36.5 Å². The Bertz CT molecular complexity index is 492. The van der Waals surface area contributed by atoms with Gasteiger partial charge in [-0.2, -0.15) is 0 Å². The zero-order chi connectivity index (χ0) is 14.5. The van der Waals surface area contributed by atoms with Crippen LogP contribution in [-0.2, 0) is 0 Å². The van der Waals surface area contributed by atoms with Crippen LogP contribution in [0, 0.1) is 0 Å². The molecule has 4 nitrogen and oxygen atoms in total. The lowest BCUT2D eigenvalue weighted by Crippen LogP contribution is -2.36. The molecule has 108 valence electrons. The lowest BCUT2D eigenvalue weighted by atomic mass is 10.1. The Morgan fingerprint density at radius 2 is 2.10 bits per heavy atom. The highest BCUT2D eigenvalue weighted by Crippen LogP contribution is 2.20. The molecular weight excluding hydrogens is 250 g/mol. The van der Waals surface area contributed by atoms with E-state index in [-0.39, 0.29) is 5.91 Å². The van der Waals surface area contributed by atoms with Crippen molar-refractivity contribution in [3.05, 3.63) is 36.0 Å². The van der Waals surface area contributed by atoms with Crippen LogP contribution in [0.3, 0.4) is 0 Å². The molecule has 1 aliphatic rings. The smallest absolute Gasteiger partial charge is 0.257 e. The normalized spacial score (nSPS) is 15.0. The predicted octanol–water partition coefficient (Wildman–Crippen LogP) is 2.72. The number of pyridine rings is 1. The number of carbonyl (C=O) groups is 1. The highest BCUT2D eigenvalue weighted by Gasteiger charge is 2.22. The third-order valence-electron chi connectivity index (χ3n) is 3.53. The molecule has 0 saturated carbocycles. The van der Waals surface area contributed by atoms with E-state index in [1.165, 1.54) is 6.42 Å². The largest absolute Gasteiger partial charge is 0.355 e. The first-order valence-corrected chi connectivity index (χ1v) is 7.19. The van der Waals surface area contributed by atoms with E-state index in [2.05, 4.69) is 11.6 Å². The molecule has 20 heavy (non-hydrogen) atoms. The summed E-state index contributed by atoms with van der Waals surface area (Å²) in [4.78, 5) is 21.0. The molecule has 1 amide bonds. The molecule has 0 bridgehead atoms. The van der Waals surface area contributed by atoms with Crippen molar-refractivity contribution in [2.24, 2.45) is 0 Å². The third kappa shape index (κ3) is 3.38. The molecule has 1 fully saturated rings. The van der Waals surface area contributed by atoms with Crippen molar-refractivity contribution in [2.45, 2.75) is 26.2 Å². The second-order valence-corrected chi connectivity index (χ2v) is 5.54. The van der Waals surface area contributed by atoms with E-state index in [4.69, 9.17) is 0 Å². The topological polar surface area (TPSA) is 36.4 Å². The standard InChI is InChI=1S/C16H23N3O/c1-13(2)12-18(3)15-14(8-7-9-17-15)16(20)19-10-5-4-6-11-19/h7-9H,1,4-6,10-12H2,2-3H3. The first-order chi connectivity index (χ1) is 9.59. The van der Waals surface area contributed by atoms with E-state index >= 15 is 0 Å². The van der Waals surface area contributed by atoms with Gasteiger partial charge in [-0.3, -0.25) is 4.79 Å². The number of anilines is 1. The SMILES string of the molecule is C=C(C)CN(C)c1ncccc1C(=O)N1CCCCC1. The Labute approximate surface area is 121 Å². The fourth-order valence-electron chi connectivity index (χ4n) is 2.62. The number of hydrogen-bond donors (Lipinski definition) is 0. The van der Waals surface area contributed by atoms with Gasteiger partial charge in [0.1, 0.15) is 5.82 Å². The van der Waals surface area contributed by atoms with E-state index in [1.807, 2.05) is 35.9 Å². The van der Waals surface area contributed by atoms with Gasteiger partial charge in [0.25, 0.3) is 5.91 Å². The highest BCUT2D eigenvalue weighted by atomic mass is 16.2. The van der Waals surface area contributed by atoms with Crippen LogP contribution in [0.4, 0.5) is 5.82 Å². The van der Waals surface area contributed by atoms with Crippen LogP contribution < -0.4 is 4.90 Å². The molecule has 0 aromatic carbocycles. The summed E-state index contributed by atoms with van der Waals surface area (Å²) < 4.78 is 0. The number of carbonyl (C=O) groups excluding carboxylic acids is 1. The van der Waals surface area contributed by atoms with Crippen LogP contribution >= 0.6 is 0 Å². The second kappa shape index (κ2) is 6.55. The summed E-state index contributed by atoms with van der Waals surface area (Å²) in [7, 11) is 1.95. The zero-order valence-electron chi connectivity index (χ0n) is 12.4. The number of aromatic nitrogens is 1. The minimum absolute atomic E-state index is 0.0985. The maximum absolute atomic E-state index is 12.6. The van der Waals surface area contributed by atoms with E-state index < -0.39 is 0 Å². The van der Waals surface area contributed by atoms with Gasteiger partial charge in [0, 0.05) is 32.9 Å².